The van der Waals surface area contributed by atoms with Crippen molar-refractivity contribution in [2.75, 3.05) is 13.1 Å². The summed E-state index contributed by atoms with van der Waals surface area (Å²) in [5, 5.41) is 10.3. The number of nitrogens with one attached hydrogen (secondary N) is 2. The Labute approximate surface area is 109 Å². The van der Waals surface area contributed by atoms with Gasteiger partial charge >= 0.3 is 0 Å². The van der Waals surface area contributed by atoms with Crippen LogP contribution in [0.2, 0.25) is 0 Å². The maximum Gasteiger partial charge on any atom is 0.233 e. The van der Waals surface area contributed by atoms with Crippen molar-refractivity contribution in [1.29, 1.82) is 0 Å². The molecule has 0 bridgehead atoms. The van der Waals surface area contributed by atoms with Gasteiger partial charge in [0.2, 0.25) is 5.91 Å². The summed E-state index contributed by atoms with van der Waals surface area (Å²) in [4.78, 5) is 11.5. The van der Waals surface area contributed by atoms with Gasteiger partial charge < -0.3 is 10.6 Å². The molecule has 2 N–H and O–H groups in total. The van der Waals surface area contributed by atoms with Gasteiger partial charge in [-0.1, -0.05) is 20.8 Å². The molecule has 1 aromatic heterocycles. The molecule has 0 aliphatic rings. The first-order valence-electron chi connectivity index (χ1n) is 6.61. The van der Waals surface area contributed by atoms with E-state index in [1.54, 1.807) is 6.20 Å². The molecule has 0 saturated heterocycles. The lowest BCUT2D eigenvalue weighted by molar-refractivity contribution is -0.120. The molecule has 1 rings (SSSR count). The highest BCUT2D eigenvalue weighted by atomic mass is 16.1. The standard InChI is InChI=1S/C13H24N4O/c1-4-7-17-12(5-6-16-17)9-14-10-13(18)15-8-11(2)3/h5-6,11,14H,4,7-10H2,1-3H3,(H,15,18). The van der Waals surface area contributed by atoms with Gasteiger partial charge in [-0.25, -0.2) is 0 Å². The number of rotatable bonds is 8. The molecule has 0 spiro atoms. The van der Waals surface area contributed by atoms with Gasteiger partial charge in [0.15, 0.2) is 0 Å². The molecule has 0 unspecified atom stereocenters. The minimum atomic E-state index is 0.0465. The molecule has 0 radical (unpaired) electrons. The number of amides is 1. The topological polar surface area (TPSA) is 59.0 Å². The fourth-order valence-electron chi connectivity index (χ4n) is 1.61. The van der Waals surface area contributed by atoms with Crippen LogP contribution < -0.4 is 10.6 Å². The van der Waals surface area contributed by atoms with Crippen LogP contribution in [-0.2, 0) is 17.9 Å². The van der Waals surface area contributed by atoms with Gasteiger partial charge in [0.05, 0.1) is 12.2 Å². The second-order valence-corrected chi connectivity index (χ2v) is 4.85. The molecule has 102 valence electrons. The Bertz CT molecular complexity index is 360. The molecule has 18 heavy (non-hydrogen) atoms. The Morgan fingerprint density at radius 2 is 2.28 bits per heavy atom. The Morgan fingerprint density at radius 1 is 1.50 bits per heavy atom. The van der Waals surface area contributed by atoms with E-state index in [0.717, 1.165) is 25.2 Å². The monoisotopic (exact) mass is 252 g/mol. The molecule has 0 aliphatic carbocycles. The number of nitrogens with zero attached hydrogens (tertiary/aromatic N) is 2. The van der Waals surface area contributed by atoms with Crippen LogP contribution in [0.25, 0.3) is 0 Å². The van der Waals surface area contributed by atoms with Gasteiger partial charge in [-0.2, -0.15) is 5.10 Å². The van der Waals surface area contributed by atoms with E-state index in [1.807, 2.05) is 10.7 Å². The van der Waals surface area contributed by atoms with Crippen molar-refractivity contribution in [2.24, 2.45) is 5.92 Å². The molecule has 0 atom stereocenters. The molecule has 0 aliphatic heterocycles. The molecule has 1 amide bonds. The highest BCUT2D eigenvalue weighted by Gasteiger charge is 2.04. The van der Waals surface area contributed by atoms with Crippen LogP contribution in [-0.4, -0.2) is 28.8 Å². The largest absolute Gasteiger partial charge is 0.355 e. The third-order valence-corrected chi connectivity index (χ3v) is 2.54. The summed E-state index contributed by atoms with van der Waals surface area (Å²) in [5.41, 5.74) is 1.12. The second kappa shape index (κ2) is 7.87. The van der Waals surface area contributed by atoms with Crippen molar-refractivity contribution in [3.05, 3.63) is 18.0 Å². The summed E-state index contributed by atoms with van der Waals surface area (Å²) in [6, 6.07) is 1.98. The van der Waals surface area contributed by atoms with Gasteiger partial charge in [0.25, 0.3) is 0 Å². The first-order valence-corrected chi connectivity index (χ1v) is 6.61. The quantitative estimate of drug-likeness (QED) is 0.730. The molecule has 1 heterocycles. The summed E-state index contributed by atoms with van der Waals surface area (Å²) in [6.45, 7) is 8.96. The van der Waals surface area contributed by atoms with E-state index in [1.165, 1.54) is 0 Å². The number of hydrogen-bond donors (Lipinski definition) is 2. The molecule has 0 fully saturated rings. The fourth-order valence-corrected chi connectivity index (χ4v) is 1.61. The summed E-state index contributed by atoms with van der Waals surface area (Å²) in [7, 11) is 0. The smallest absolute Gasteiger partial charge is 0.233 e. The zero-order valence-electron chi connectivity index (χ0n) is 11.6. The molecule has 5 heteroatoms. The SMILES string of the molecule is CCCn1nccc1CNCC(=O)NCC(C)C. The molecule has 0 saturated carbocycles. The van der Waals surface area contributed by atoms with E-state index in [2.05, 4.69) is 36.5 Å². The normalized spacial score (nSPS) is 10.9. The van der Waals surface area contributed by atoms with Crippen LogP contribution in [0.1, 0.15) is 32.9 Å². The maximum atomic E-state index is 11.5. The molecule has 1 aromatic rings. The minimum absolute atomic E-state index is 0.0465. The summed E-state index contributed by atoms with van der Waals surface area (Å²) in [5.74, 6) is 0.533. The summed E-state index contributed by atoms with van der Waals surface area (Å²) >= 11 is 0. The minimum Gasteiger partial charge on any atom is -0.355 e. The van der Waals surface area contributed by atoms with Crippen molar-refractivity contribution >= 4 is 5.91 Å². The predicted octanol–water partition coefficient (Wildman–Crippen LogP) is 1.15. The zero-order chi connectivity index (χ0) is 13.4. The van der Waals surface area contributed by atoms with Crippen LogP contribution in [0.3, 0.4) is 0 Å². The van der Waals surface area contributed by atoms with Crippen molar-refractivity contribution < 1.29 is 4.79 Å². The molecular formula is C13H24N4O. The third kappa shape index (κ3) is 5.31. The van der Waals surface area contributed by atoms with Crippen LogP contribution in [0.15, 0.2) is 12.3 Å². The average molecular weight is 252 g/mol. The first-order chi connectivity index (χ1) is 8.63. The highest BCUT2D eigenvalue weighted by Crippen LogP contribution is 1.99. The zero-order valence-corrected chi connectivity index (χ0v) is 11.6. The Kier molecular flexibility index (Phi) is 6.43. The molecule has 0 aromatic carbocycles. The van der Waals surface area contributed by atoms with Gasteiger partial charge in [0.1, 0.15) is 0 Å². The Hall–Kier alpha value is -1.36. The van der Waals surface area contributed by atoms with Gasteiger partial charge in [-0.3, -0.25) is 9.48 Å². The Morgan fingerprint density at radius 3 is 2.94 bits per heavy atom. The van der Waals surface area contributed by atoms with Gasteiger partial charge in [-0.15, -0.1) is 0 Å². The van der Waals surface area contributed by atoms with E-state index >= 15 is 0 Å². The summed E-state index contributed by atoms with van der Waals surface area (Å²) in [6.07, 6.45) is 2.86. The fraction of sp³-hybridized carbons (Fsp3) is 0.692. The number of hydrogen-bond acceptors (Lipinski definition) is 3. The van der Waals surface area contributed by atoms with Crippen LogP contribution in [0, 0.1) is 5.92 Å². The maximum absolute atomic E-state index is 11.5. The van der Waals surface area contributed by atoms with Crippen molar-refractivity contribution in [3.63, 3.8) is 0 Å². The highest BCUT2D eigenvalue weighted by molar-refractivity contribution is 5.77. The van der Waals surface area contributed by atoms with E-state index in [0.29, 0.717) is 19.0 Å². The predicted molar refractivity (Wildman–Crippen MR) is 72.1 cm³/mol. The number of carbonyl (C=O) groups excluding carboxylic acids is 1. The molecule has 5 nitrogen and oxygen atoms in total. The summed E-state index contributed by atoms with van der Waals surface area (Å²) < 4.78 is 1.97. The first kappa shape index (κ1) is 14.7. The average Bonchev–Trinajstić information content (AvgIpc) is 2.75. The lowest BCUT2D eigenvalue weighted by atomic mass is 10.2. The van der Waals surface area contributed by atoms with E-state index in [4.69, 9.17) is 0 Å². The van der Waals surface area contributed by atoms with Gasteiger partial charge in [-0.05, 0) is 18.4 Å². The van der Waals surface area contributed by atoms with E-state index in [-0.39, 0.29) is 5.91 Å². The van der Waals surface area contributed by atoms with Crippen LogP contribution in [0.4, 0.5) is 0 Å². The third-order valence-electron chi connectivity index (χ3n) is 2.54. The van der Waals surface area contributed by atoms with Crippen LogP contribution >= 0.6 is 0 Å². The van der Waals surface area contributed by atoms with Crippen LogP contribution in [0.5, 0.6) is 0 Å². The lowest BCUT2D eigenvalue weighted by Gasteiger charge is -2.09. The van der Waals surface area contributed by atoms with Crippen molar-refractivity contribution in [3.8, 4) is 0 Å². The number of aryl methyl sites for hydroxylation is 1. The van der Waals surface area contributed by atoms with Crippen molar-refractivity contribution in [1.82, 2.24) is 20.4 Å². The Balaban J connectivity index is 2.24. The van der Waals surface area contributed by atoms with E-state index in [9.17, 15) is 4.79 Å². The molecular weight excluding hydrogens is 228 g/mol. The second-order valence-electron chi connectivity index (χ2n) is 4.85. The van der Waals surface area contributed by atoms with Gasteiger partial charge in [0, 0.05) is 25.8 Å². The number of carbonyl (C=O) groups is 1. The van der Waals surface area contributed by atoms with E-state index < -0.39 is 0 Å². The van der Waals surface area contributed by atoms with Crippen molar-refractivity contribution in [2.45, 2.75) is 40.3 Å². The lowest BCUT2D eigenvalue weighted by Crippen LogP contribution is -2.35. The number of aromatic nitrogens is 2.